The number of ether oxygens (including phenoxy) is 4. The standard InChI is InChI=1S/C25H24N2O6/c1-15-19(24(28)27-17-6-10-20-22(12-17)33-14-32-20)9-11-21(31-3)23(15)25(29)26-13-16-4-7-18(30-2)8-5-16/h4-12H,13-14H2,1-3H3,(H,26,29)(H,27,28). The zero-order valence-corrected chi connectivity index (χ0v) is 18.6. The summed E-state index contributed by atoms with van der Waals surface area (Å²) in [6.45, 7) is 2.19. The summed E-state index contributed by atoms with van der Waals surface area (Å²) >= 11 is 0. The molecule has 0 saturated carbocycles. The number of amides is 2. The number of anilines is 1. The van der Waals surface area contributed by atoms with Gasteiger partial charge in [0.15, 0.2) is 11.5 Å². The largest absolute Gasteiger partial charge is 0.497 e. The van der Waals surface area contributed by atoms with Crippen LogP contribution >= 0.6 is 0 Å². The van der Waals surface area contributed by atoms with Crippen molar-refractivity contribution in [3.8, 4) is 23.0 Å². The van der Waals surface area contributed by atoms with Crippen LogP contribution < -0.4 is 29.6 Å². The minimum absolute atomic E-state index is 0.152. The SMILES string of the molecule is COc1ccc(CNC(=O)c2c(OC)ccc(C(=O)Nc3ccc4c(c3)OCO4)c2C)cc1. The van der Waals surface area contributed by atoms with Gasteiger partial charge in [0.2, 0.25) is 6.79 Å². The van der Waals surface area contributed by atoms with E-state index in [0.29, 0.717) is 46.2 Å². The third kappa shape index (κ3) is 4.69. The number of rotatable bonds is 7. The fourth-order valence-electron chi connectivity index (χ4n) is 3.57. The van der Waals surface area contributed by atoms with Crippen molar-refractivity contribution < 1.29 is 28.5 Å². The Kier molecular flexibility index (Phi) is 6.35. The van der Waals surface area contributed by atoms with Gasteiger partial charge in [0, 0.05) is 23.9 Å². The Bertz CT molecular complexity index is 1190. The van der Waals surface area contributed by atoms with E-state index in [1.54, 1.807) is 44.4 Å². The molecule has 8 heteroatoms. The predicted octanol–water partition coefficient (Wildman–Crippen LogP) is 3.92. The normalized spacial score (nSPS) is 11.6. The minimum Gasteiger partial charge on any atom is -0.497 e. The van der Waals surface area contributed by atoms with Gasteiger partial charge in [-0.3, -0.25) is 9.59 Å². The average Bonchev–Trinajstić information content (AvgIpc) is 3.30. The quantitative estimate of drug-likeness (QED) is 0.569. The second-order valence-corrected chi connectivity index (χ2v) is 7.37. The molecule has 0 atom stereocenters. The summed E-state index contributed by atoms with van der Waals surface area (Å²) in [5.74, 6) is 1.64. The van der Waals surface area contributed by atoms with E-state index in [2.05, 4.69) is 10.6 Å². The van der Waals surface area contributed by atoms with E-state index in [0.717, 1.165) is 11.3 Å². The molecule has 2 amide bonds. The summed E-state index contributed by atoms with van der Waals surface area (Å²) in [7, 11) is 3.09. The Morgan fingerprint density at radius 3 is 2.39 bits per heavy atom. The van der Waals surface area contributed by atoms with Crippen molar-refractivity contribution >= 4 is 17.5 Å². The first-order valence-electron chi connectivity index (χ1n) is 10.3. The second-order valence-electron chi connectivity index (χ2n) is 7.37. The molecular weight excluding hydrogens is 424 g/mol. The van der Waals surface area contributed by atoms with Gasteiger partial charge >= 0.3 is 0 Å². The summed E-state index contributed by atoms with van der Waals surface area (Å²) in [6.07, 6.45) is 0. The zero-order valence-electron chi connectivity index (χ0n) is 18.6. The van der Waals surface area contributed by atoms with Crippen LogP contribution in [0.15, 0.2) is 54.6 Å². The Labute approximate surface area is 191 Å². The van der Waals surface area contributed by atoms with Gasteiger partial charge in [0.25, 0.3) is 11.8 Å². The van der Waals surface area contributed by atoms with E-state index in [-0.39, 0.29) is 18.6 Å². The molecule has 1 heterocycles. The number of nitrogens with one attached hydrogen (secondary N) is 2. The van der Waals surface area contributed by atoms with Crippen LogP contribution in [0.4, 0.5) is 5.69 Å². The molecule has 1 aliphatic heterocycles. The maximum absolute atomic E-state index is 13.0. The first-order valence-corrected chi connectivity index (χ1v) is 10.3. The highest BCUT2D eigenvalue weighted by molar-refractivity contribution is 6.08. The maximum Gasteiger partial charge on any atom is 0.255 e. The molecule has 170 valence electrons. The molecule has 0 saturated heterocycles. The first kappa shape index (κ1) is 22.0. The first-order chi connectivity index (χ1) is 16.0. The van der Waals surface area contributed by atoms with Crippen molar-refractivity contribution in [2.45, 2.75) is 13.5 Å². The van der Waals surface area contributed by atoms with Crippen LogP contribution in [0.25, 0.3) is 0 Å². The van der Waals surface area contributed by atoms with Crippen LogP contribution in [0.1, 0.15) is 31.8 Å². The monoisotopic (exact) mass is 448 g/mol. The molecular formula is C25H24N2O6. The zero-order chi connectivity index (χ0) is 23.4. The van der Waals surface area contributed by atoms with Crippen LogP contribution in [0.2, 0.25) is 0 Å². The van der Waals surface area contributed by atoms with Crippen molar-refractivity contribution in [3.05, 3.63) is 76.9 Å². The predicted molar refractivity (Wildman–Crippen MR) is 122 cm³/mol. The molecule has 0 aliphatic carbocycles. The van der Waals surface area contributed by atoms with E-state index in [9.17, 15) is 9.59 Å². The Morgan fingerprint density at radius 1 is 0.909 bits per heavy atom. The van der Waals surface area contributed by atoms with Crippen molar-refractivity contribution in [1.29, 1.82) is 0 Å². The van der Waals surface area contributed by atoms with Gasteiger partial charge in [-0.05, 0) is 54.4 Å². The average molecular weight is 448 g/mol. The lowest BCUT2D eigenvalue weighted by Gasteiger charge is -2.16. The van der Waals surface area contributed by atoms with E-state index in [1.165, 1.54) is 7.11 Å². The highest BCUT2D eigenvalue weighted by Gasteiger charge is 2.22. The summed E-state index contributed by atoms with van der Waals surface area (Å²) in [5.41, 5.74) is 2.66. The molecule has 0 bridgehead atoms. The van der Waals surface area contributed by atoms with Crippen LogP contribution in [0.3, 0.4) is 0 Å². The van der Waals surface area contributed by atoms with E-state index < -0.39 is 0 Å². The summed E-state index contributed by atoms with van der Waals surface area (Å²) in [4.78, 5) is 26.0. The van der Waals surface area contributed by atoms with Crippen molar-refractivity contribution in [2.24, 2.45) is 0 Å². The van der Waals surface area contributed by atoms with Crippen LogP contribution in [0.5, 0.6) is 23.0 Å². The van der Waals surface area contributed by atoms with E-state index in [1.807, 2.05) is 24.3 Å². The van der Waals surface area contributed by atoms with E-state index in [4.69, 9.17) is 18.9 Å². The van der Waals surface area contributed by atoms with Gasteiger partial charge in [-0.25, -0.2) is 0 Å². The Hall–Kier alpha value is -4.20. The fraction of sp³-hybridized carbons (Fsp3) is 0.200. The summed E-state index contributed by atoms with van der Waals surface area (Å²) in [6, 6.07) is 15.8. The molecule has 4 rings (SSSR count). The molecule has 0 unspecified atom stereocenters. The van der Waals surface area contributed by atoms with Crippen LogP contribution in [0, 0.1) is 6.92 Å². The molecule has 0 radical (unpaired) electrons. The third-order valence-corrected chi connectivity index (χ3v) is 5.36. The maximum atomic E-state index is 13.0. The van der Waals surface area contributed by atoms with Crippen molar-refractivity contribution in [2.75, 3.05) is 26.3 Å². The van der Waals surface area contributed by atoms with E-state index >= 15 is 0 Å². The number of hydrogen-bond acceptors (Lipinski definition) is 6. The van der Waals surface area contributed by atoms with Crippen molar-refractivity contribution in [3.63, 3.8) is 0 Å². The Balaban J connectivity index is 1.52. The number of hydrogen-bond donors (Lipinski definition) is 2. The minimum atomic E-state index is -0.349. The van der Waals surface area contributed by atoms with Crippen LogP contribution in [-0.4, -0.2) is 32.8 Å². The Morgan fingerprint density at radius 2 is 1.67 bits per heavy atom. The lowest BCUT2D eigenvalue weighted by atomic mass is 9.99. The summed E-state index contributed by atoms with van der Waals surface area (Å²) in [5, 5.41) is 5.73. The second kappa shape index (κ2) is 9.52. The number of carbonyl (C=O) groups is 2. The number of carbonyl (C=O) groups excluding carboxylic acids is 2. The number of methoxy groups -OCH3 is 2. The molecule has 2 N–H and O–H groups in total. The smallest absolute Gasteiger partial charge is 0.255 e. The van der Waals surface area contributed by atoms with Gasteiger partial charge in [0.05, 0.1) is 19.8 Å². The lowest BCUT2D eigenvalue weighted by Crippen LogP contribution is -2.25. The third-order valence-electron chi connectivity index (χ3n) is 5.36. The number of benzene rings is 3. The van der Waals surface area contributed by atoms with Crippen LogP contribution in [-0.2, 0) is 6.54 Å². The molecule has 0 fully saturated rings. The fourth-order valence-corrected chi connectivity index (χ4v) is 3.57. The van der Waals surface area contributed by atoms with Gasteiger partial charge < -0.3 is 29.6 Å². The lowest BCUT2D eigenvalue weighted by molar-refractivity contribution is 0.0947. The highest BCUT2D eigenvalue weighted by Crippen LogP contribution is 2.34. The van der Waals surface area contributed by atoms with Gasteiger partial charge in [-0.2, -0.15) is 0 Å². The molecule has 3 aromatic rings. The molecule has 0 aromatic heterocycles. The van der Waals surface area contributed by atoms with Gasteiger partial charge in [0.1, 0.15) is 11.5 Å². The highest BCUT2D eigenvalue weighted by atomic mass is 16.7. The molecule has 8 nitrogen and oxygen atoms in total. The van der Waals surface area contributed by atoms with Gasteiger partial charge in [-0.1, -0.05) is 12.1 Å². The number of fused-ring (bicyclic) bond motifs is 1. The topological polar surface area (TPSA) is 95.1 Å². The molecule has 1 aliphatic rings. The molecule has 33 heavy (non-hydrogen) atoms. The molecule has 3 aromatic carbocycles. The summed E-state index contributed by atoms with van der Waals surface area (Å²) < 4.78 is 21.2. The van der Waals surface area contributed by atoms with Gasteiger partial charge in [-0.15, -0.1) is 0 Å². The van der Waals surface area contributed by atoms with Crippen molar-refractivity contribution in [1.82, 2.24) is 5.32 Å². The molecule has 0 spiro atoms.